The Hall–Kier alpha value is -4.78. The number of aliphatic hydroxyl groups is 1. The number of aliphatic hydroxyl groups excluding tert-OH is 1. The second kappa shape index (κ2) is 22.7. The summed E-state index contributed by atoms with van der Waals surface area (Å²) in [6.45, 7) is 0.879. The Morgan fingerprint density at radius 2 is 0.723 bits per heavy atom. The monoisotopic (exact) mass is 658 g/mol. The number of aromatic carboxylic acids is 1. The normalized spacial score (nSPS) is 10.5. The van der Waals surface area contributed by atoms with Gasteiger partial charge in [-0.15, -0.1) is 0 Å². The van der Waals surface area contributed by atoms with Crippen LogP contribution in [0.25, 0.3) is 0 Å². The quantitative estimate of drug-likeness (QED) is 0.0963. The summed E-state index contributed by atoms with van der Waals surface area (Å²) in [5.41, 5.74) is 0.827. The predicted molar refractivity (Wildman–Crippen MR) is 166 cm³/mol. The fourth-order valence-corrected chi connectivity index (χ4v) is 3.91. The molecule has 47 heavy (non-hydrogen) atoms. The molecule has 2 aromatic carbocycles. The number of ether oxygens (including phenoxy) is 5. The molecule has 0 amide bonds. The molecule has 0 atom stereocenters. The first kappa shape index (κ1) is 38.4. The molecule has 0 aromatic heterocycles. The highest BCUT2D eigenvalue weighted by atomic mass is 16.5. The van der Waals surface area contributed by atoms with Crippen molar-refractivity contribution in [1.82, 2.24) is 0 Å². The first-order valence-electron chi connectivity index (χ1n) is 15.6. The van der Waals surface area contributed by atoms with Crippen LogP contribution >= 0.6 is 0 Å². The van der Waals surface area contributed by atoms with Gasteiger partial charge < -0.3 is 33.9 Å². The SMILES string of the molecule is O=C(CCCCC(=O)OCCCCOC(=O)c1ccc(C(=O)OCCCCOC(=O)c2ccc(C(=O)O)cc2)cc1)OCCCCO. The number of unbranched alkanes of at least 4 members (excludes halogenated alkanes) is 4. The molecule has 0 unspecified atom stereocenters. The van der Waals surface area contributed by atoms with E-state index in [1.165, 1.54) is 48.5 Å². The lowest BCUT2D eigenvalue weighted by Gasteiger charge is -2.08. The van der Waals surface area contributed by atoms with Crippen LogP contribution in [-0.2, 0) is 33.3 Å². The van der Waals surface area contributed by atoms with E-state index in [4.69, 9.17) is 33.9 Å². The van der Waals surface area contributed by atoms with Crippen LogP contribution in [0.1, 0.15) is 106 Å². The van der Waals surface area contributed by atoms with Crippen LogP contribution in [0.3, 0.4) is 0 Å². The number of carbonyl (C=O) groups excluding carboxylic acids is 5. The smallest absolute Gasteiger partial charge is 0.338 e. The number of carboxylic acids is 1. The topological polar surface area (TPSA) is 189 Å². The maximum atomic E-state index is 12.3. The molecule has 0 saturated carbocycles. The van der Waals surface area contributed by atoms with Gasteiger partial charge in [0.2, 0.25) is 0 Å². The van der Waals surface area contributed by atoms with E-state index in [-0.39, 0.29) is 86.7 Å². The van der Waals surface area contributed by atoms with Crippen LogP contribution in [0.15, 0.2) is 48.5 Å². The first-order chi connectivity index (χ1) is 22.7. The summed E-state index contributed by atoms with van der Waals surface area (Å²) in [6.07, 6.45) is 4.56. The van der Waals surface area contributed by atoms with Gasteiger partial charge in [0.15, 0.2) is 0 Å². The maximum absolute atomic E-state index is 12.3. The highest BCUT2D eigenvalue weighted by molar-refractivity contribution is 5.93. The average molecular weight is 659 g/mol. The Morgan fingerprint density at radius 3 is 1.04 bits per heavy atom. The van der Waals surface area contributed by atoms with Crippen molar-refractivity contribution >= 4 is 35.8 Å². The third-order valence-corrected chi connectivity index (χ3v) is 6.59. The lowest BCUT2D eigenvalue weighted by molar-refractivity contribution is -0.146. The summed E-state index contributed by atoms with van der Waals surface area (Å²) in [6, 6.07) is 11.2. The fraction of sp³-hybridized carbons (Fsp3) is 0.471. The molecule has 0 radical (unpaired) electrons. The van der Waals surface area contributed by atoms with Gasteiger partial charge in [-0.2, -0.15) is 0 Å². The molecule has 0 aliphatic carbocycles. The highest BCUT2D eigenvalue weighted by Gasteiger charge is 2.12. The minimum Gasteiger partial charge on any atom is -0.478 e. The number of rotatable bonds is 23. The van der Waals surface area contributed by atoms with E-state index in [2.05, 4.69) is 0 Å². The van der Waals surface area contributed by atoms with Crippen LogP contribution in [0.2, 0.25) is 0 Å². The van der Waals surface area contributed by atoms with Gasteiger partial charge in [-0.1, -0.05) is 0 Å². The van der Waals surface area contributed by atoms with Crippen molar-refractivity contribution in [2.75, 3.05) is 39.6 Å². The molecular formula is C34H42O13. The molecule has 2 N–H and O–H groups in total. The molecule has 0 aliphatic heterocycles. The zero-order valence-electron chi connectivity index (χ0n) is 26.3. The van der Waals surface area contributed by atoms with Crippen molar-refractivity contribution in [3.8, 4) is 0 Å². The van der Waals surface area contributed by atoms with Gasteiger partial charge in [0.05, 0.1) is 55.3 Å². The van der Waals surface area contributed by atoms with E-state index in [9.17, 15) is 28.8 Å². The number of hydrogen-bond donors (Lipinski definition) is 2. The summed E-state index contributed by atoms with van der Waals surface area (Å²) in [4.78, 5) is 70.8. The van der Waals surface area contributed by atoms with Gasteiger partial charge in [0, 0.05) is 19.4 Å². The molecular weight excluding hydrogens is 616 g/mol. The van der Waals surface area contributed by atoms with E-state index in [0.29, 0.717) is 51.4 Å². The molecule has 2 rings (SSSR count). The standard InChI is InChI=1S/C34H42O13/c35-19-3-4-20-43-29(36)9-1-2-10-30(37)44-21-5-6-22-45-33(41)27-15-17-28(18-16-27)34(42)47-24-8-7-23-46-32(40)26-13-11-25(12-14-26)31(38)39/h11-18,35H,1-10,19-24H2,(H,38,39). The summed E-state index contributed by atoms with van der Waals surface area (Å²) in [5, 5.41) is 17.6. The highest BCUT2D eigenvalue weighted by Crippen LogP contribution is 2.10. The van der Waals surface area contributed by atoms with Gasteiger partial charge >= 0.3 is 35.8 Å². The van der Waals surface area contributed by atoms with Crippen LogP contribution in [0.5, 0.6) is 0 Å². The Balaban J connectivity index is 1.50. The zero-order chi connectivity index (χ0) is 34.3. The number of hydrogen-bond acceptors (Lipinski definition) is 12. The molecule has 0 spiro atoms. The van der Waals surface area contributed by atoms with Crippen molar-refractivity contribution in [2.24, 2.45) is 0 Å². The number of carboxylic acid groups (broad SMARTS) is 1. The minimum absolute atomic E-state index is 0.0647. The maximum Gasteiger partial charge on any atom is 0.338 e. The molecule has 0 bridgehead atoms. The van der Waals surface area contributed by atoms with Gasteiger partial charge in [0.25, 0.3) is 0 Å². The van der Waals surface area contributed by atoms with Gasteiger partial charge in [-0.05, 0) is 99.9 Å². The second-order valence-corrected chi connectivity index (χ2v) is 10.4. The van der Waals surface area contributed by atoms with Gasteiger partial charge in [0.1, 0.15) is 0 Å². The van der Waals surface area contributed by atoms with Gasteiger partial charge in [-0.3, -0.25) is 9.59 Å². The third-order valence-electron chi connectivity index (χ3n) is 6.59. The zero-order valence-corrected chi connectivity index (χ0v) is 26.3. The van der Waals surface area contributed by atoms with E-state index >= 15 is 0 Å². The molecule has 0 saturated heterocycles. The number of benzene rings is 2. The number of esters is 5. The van der Waals surface area contributed by atoms with E-state index in [0.717, 1.165) is 0 Å². The van der Waals surface area contributed by atoms with Crippen LogP contribution in [-0.4, -0.2) is 85.7 Å². The summed E-state index contributed by atoms with van der Waals surface area (Å²) in [7, 11) is 0. The number of carbonyl (C=O) groups is 6. The first-order valence-corrected chi connectivity index (χ1v) is 15.6. The molecule has 2 aromatic rings. The Kier molecular flexibility index (Phi) is 18.5. The molecule has 0 fully saturated rings. The summed E-state index contributed by atoms with van der Waals surface area (Å²) < 4.78 is 25.8. The van der Waals surface area contributed by atoms with Crippen molar-refractivity contribution < 1.29 is 62.7 Å². The van der Waals surface area contributed by atoms with Crippen molar-refractivity contribution in [2.45, 2.75) is 64.2 Å². The molecule has 13 heteroatoms. The Labute approximate surface area is 273 Å². The predicted octanol–water partition coefficient (Wildman–Crippen LogP) is 4.54. The van der Waals surface area contributed by atoms with Crippen LogP contribution in [0.4, 0.5) is 0 Å². The van der Waals surface area contributed by atoms with Crippen molar-refractivity contribution in [1.29, 1.82) is 0 Å². The van der Waals surface area contributed by atoms with E-state index in [1.807, 2.05) is 0 Å². The van der Waals surface area contributed by atoms with Crippen LogP contribution in [0, 0.1) is 0 Å². The summed E-state index contributed by atoms with van der Waals surface area (Å²) >= 11 is 0. The largest absolute Gasteiger partial charge is 0.478 e. The van der Waals surface area contributed by atoms with Crippen molar-refractivity contribution in [3.05, 3.63) is 70.8 Å². The van der Waals surface area contributed by atoms with Gasteiger partial charge in [-0.25, -0.2) is 19.2 Å². The minimum atomic E-state index is -1.09. The summed E-state index contributed by atoms with van der Waals surface area (Å²) in [5.74, 6) is -3.47. The lowest BCUT2D eigenvalue weighted by Crippen LogP contribution is -2.11. The van der Waals surface area contributed by atoms with Crippen molar-refractivity contribution in [3.63, 3.8) is 0 Å². The Morgan fingerprint density at radius 1 is 0.426 bits per heavy atom. The lowest BCUT2D eigenvalue weighted by atomic mass is 10.1. The Bertz CT molecular complexity index is 1290. The molecule has 0 aliphatic rings. The second-order valence-electron chi connectivity index (χ2n) is 10.4. The van der Waals surface area contributed by atoms with Crippen LogP contribution < -0.4 is 0 Å². The average Bonchev–Trinajstić information content (AvgIpc) is 3.08. The fourth-order valence-electron chi connectivity index (χ4n) is 3.91. The van der Waals surface area contributed by atoms with E-state index < -0.39 is 23.9 Å². The molecule has 0 heterocycles. The van der Waals surface area contributed by atoms with E-state index in [1.54, 1.807) is 0 Å². The molecule has 13 nitrogen and oxygen atoms in total. The third kappa shape index (κ3) is 16.4. The molecule has 256 valence electrons.